The Morgan fingerprint density at radius 1 is 1.20 bits per heavy atom. The Kier molecular flexibility index (Phi) is 4.11. The highest BCUT2D eigenvalue weighted by atomic mass is 15.0. The first-order valence-electron chi connectivity index (χ1n) is 8.01. The summed E-state index contributed by atoms with van der Waals surface area (Å²) < 4.78 is 2.37. The molecule has 0 saturated heterocycles. The predicted molar refractivity (Wildman–Crippen MR) is 85.9 cm³/mol. The zero-order valence-corrected chi connectivity index (χ0v) is 12.7. The summed E-state index contributed by atoms with van der Waals surface area (Å²) in [6, 6.07) is 11.6. The second-order valence-corrected chi connectivity index (χ2v) is 6.55. The Bertz CT molecular complexity index is 549. The van der Waals surface area contributed by atoms with E-state index in [1.165, 1.54) is 30.2 Å². The minimum Gasteiger partial charge on any atom is -0.347 e. The Hall–Kier alpha value is -1.28. The van der Waals surface area contributed by atoms with E-state index in [-0.39, 0.29) is 0 Å². The molecule has 0 spiro atoms. The van der Waals surface area contributed by atoms with Gasteiger partial charge < -0.3 is 9.88 Å². The Balaban J connectivity index is 1.40. The third-order valence-corrected chi connectivity index (χ3v) is 4.81. The van der Waals surface area contributed by atoms with Crippen LogP contribution < -0.4 is 5.32 Å². The molecule has 1 heterocycles. The fourth-order valence-corrected chi connectivity index (χ4v) is 3.26. The number of aryl methyl sites for hydroxylation is 1. The molecule has 1 N–H and O–H groups in total. The lowest BCUT2D eigenvalue weighted by Crippen LogP contribution is -2.43. The second kappa shape index (κ2) is 6.01. The van der Waals surface area contributed by atoms with Gasteiger partial charge in [0.05, 0.1) is 0 Å². The maximum atomic E-state index is 3.70. The summed E-state index contributed by atoms with van der Waals surface area (Å²) in [5, 5.41) is 5.05. The highest BCUT2D eigenvalue weighted by molar-refractivity contribution is 5.79. The van der Waals surface area contributed by atoms with Gasteiger partial charge in [0.1, 0.15) is 0 Å². The lowest BCUT2D eigenvalue weighted by molar-refractivity contribution is 0.168. The Morgan fingerprint density at radius 2 is 2.00 bits per heavy atom. The molecule has 20 heavy (non-hydrogen) atoms. The smallest absolute Gasteiger partial charge is 0.0480 e. The van der Waals surface area contributed by atoms with Gasteiger partial charge in [0.15, 0.2) is 0 Å². The standard InChI is InChI=1S/C18H26N2/c1-14(2)16-12-17(13-16)19-9-5-10-20-11-8-15-6-3-4-7-18(15)20/h3-4,6-8,11,14,16-17,19H,5,9-10,12-13H2,1-2H3. The van der Waals surface area contributed by atoms with E-state index in [2.05, 4.69) is 60.3 Å². The molecule has 0 bridgehead atoms. The molecule has 0 radical (unpaired) electrons. The van der Waals surface area contributed by atoms with Crippen LogP contribution in [0.3, 0.4) is 0 Å². The van der Waals surface area contributed by atoms with E-state index in [0.29, 0.717) is 0 Å². The molecule has 1 aliphatic carbocycles. The monoisotopic (exact) mass is 270 g/mol. The van der Waals surface area contributed by atoms with Crippen molar-refractivity contribution in [3.8, 4) is 0 Å². The number of rotatable bonds is 6. The summed E-state index contributed by atoms with van der Waals surface area (Å²) in [5.41, 5.74) is 1.36. The van der Waals surface area contributed by atoms with Gasteiger partial charge >= 0.3 is 0 Å². The van der Waals surface area contributed by atoms with Crippen molar-refractivity contribution < 1.29 is 0 Å². The summed E-state index contributed by atoms with van der Waals surface area (Å²) in [4.78, 5) is 0. The van der Waals surface area contributed by atoms with Crippen LogP contribution in [0.15, 0.2) is 36.5 Å². The van der Waals surface area contributed by atoms with Crippen molar-refractivity contribution in [1.29, 1.82) is 0 Å². The van der Waals surface area contributed by atoms with E-state index in [1.54, 1.807) is 0 Å². The summed E-state index contributed by atoms with van der Waals surface area (Å²) in [7, 11) is 0. The fraction of sp³-hybridized carbons (Fsp3) is 0.556. The largest absolute Gasteiger partial charge is 0.347 e. The lowest BCUT2D eigenvalue weighted by atomic mass is 9.74. The third-order valence-electron chi connectivity index (χ3n) is 4.81. The highest BCUT2D eigenvalue weighted by Gasteiger charge is 2.30. The van der Waals surface area contributed by atoms with Crippen molar-refractivity contribution in [2.24, 2.45) is 11.8 Å². The summed E-state index contributed by atoms with van der Waals surface area (Å²) in [6.07, 6.45) is 6.18. The van der Waals surface area contributed by atoms with Crippen LogP contribution in [0.2, 0.25) is 0 Å². The van der Waals surface area contributed by atoms with Crippen molar-refractivity contribution in [2.75, 3.05) is 6.54 Å². The number of fused-ring (bicyclic) bond motifs is 1. The molecular weight excluding hydrogens is 244 g/mol. The molecule has 0 aliphatic heterocycles. The molecule has 1 aromatic heterocycles. The number of benzene rings is 1. The first-order chi connectivity index (χ1) is 9.74. The molecule has 2 heteroatoms. The first kappa shape index (κ1) is 13.7. The molecule has 0 amide bonds. The van der Waals surface area contributed by atoms with E-state index in [0.717, 1.165) is 31.0 Å². The van der Waals surface area contributed by atoms with E-state index >= 15 is 0 Å². The SMILES string of the molecule is CC(C)C1CC(NCCCn2ccc3ccccc32)C1. The van der Waals surface area contributed by atoms with Crippen molar-refractivity contribution in [2.45, 2.75) is 45.7 Å². The van der Waals surface area contributed by atoms with Crippen LogP contribution in [0, 0.1) is 11.8 Å². The van der Waals surface area contributed by atoms with Crippen LogP contribution >= 0.6 is 0 Å². The van der Waals surface area contributed by atoms with Gasteiger partial charge in [-0.3, -0.25) is 0 Å². The fourth-order valence-electron chi connectivity index (χ4n) is 3.26. The van der Waals surface area contributed by atoms with Gasteiger partial charge in [-0.05, 0) is 55.2 Å². The molecule has 2 aromatic rings. The van der Waals surface area contributed by atoms with Gasteiger partial charge in [-0.25, -0.2) is 0 Å². The van der Waals surface area contributed by atoms with Crippen LogP contribution in [0.5, 0.6) is 0 Å². The van der Waals surface area contributed by atoms with Gasteiger partial charge in [0.25, 0.3) is 0 Å². The van der Waals surface area contributed by atoms with Gasteiger partial charge in [-0.15, -0.1) is 0 Å². The van der Waals surface area contributed by atoms with Crippen LogP contribution in [0.4, 0.5) is 0 Å². The van der Waals surface area contributed by atoms with Crippen molar-refractivity contribution in [3.05, 3.63) is 36.5 Å². The molecule has 1 aliphatic rings. The van der Waals surface area contributed by atoms with Crippen molar-refractivity contribution in [3.63, 3.8) is 0 Å². The van der Waals surface area contributed by atoms with Crippen molar-refractivity contribution >= 4 is 10.9 Å². The maximum Gasteiger partial charge on any atom is 0.0480 e. The minimum absolute atomic E-state index is 0.781. The summed E-state index contributed by atoms with van der Waals surface area (Å²) >= 11 is 0. The second-order valence-electron chi connectivity index (χ2n) is 6.55. The zero-order chi connectivity index (χ0) is 13.9. The predicted octanol–water partition coefficient (Wildman–Crippen LogP) is 4.06. The zero-order valence-electron chi connectivity index (χ0n) is 12.7. The Labute approximate surface area is 122 Å². The summed E-state index contributed by atoms with van der Waals surface area (Å²) in [5.74, 6) is 1.82. The van der Waals surface area contributed by atoms with Gasteiger partial charge in [0, 0.05) is 24.3 Å². The Morgan fingerprint density at radius 3 is 2.80 bits per heavy atom. The molecule has 1 saturated carbocycles. The summed E-state index contributed by atoms with van der Waals surface area (Å²) in [6.45, 7) is 6.94. The molecule has 0 atom stereocenters. The molecule has 1 fully saturated rings. The molecule has 108 valence electrons. The molecular formula is C18H26N2. The lowest BCUT2D eigenvalue weighted by Gasteiger charge is -2.38. The topological polar surface area (TPSA) is 17.0 Å². The number of para-hydroxylation sites is 1. The highest BCUT2D eigenvalue weighted by Crippen LogP contribution is 2.33. The van der Waals surface area contributed by atoms with E-state index in [1.807, 2.05) is 0 Å². The van der Waals surface area contributed by atoms with Crippen LogP contribution in [0.1, 0.15) is 33.1 Å². The first-order valence-corrected chi connectivity index (χ1v) is 8.01. The normalized spacial score (nSPS) is 22.4. The number of aromatic nitrogens is 1. The third kappa shape index (κ3) is 2.90. The number of nitrogens with one attached hydrogen (secondary N) is 1. The van der Waals surface area contributed by atoms with Crippen LogP contribution in [-0.2, 0) is 6.54 Å². The van der Waals surface area contributed by atoms with E-state index < -0.39 is 0 Å². The van der Waals surface area contributed by atoms with Gasteiger partial charge in [-0.1, -0.05) is 32.0 Å². The van der Waals surface area contributed by atoms with Gasteiger partial charge in [0.2, 0.25) is 0 Å². The number of hydrogen-bond acceptors (Lipinski definition) is 1. The quantitative estimate of drug-likeness (QED) is 0.783. The maximum absolute atomic E-state index is 3.70. The van der Waals surface area contributed by atoms with Crippen molar-refractivity contribution in [1.82, 2.24) is 9.88 Å². The van der Waals surface area contributed by atoms with E-state index in [4.69, 9.17) is 0 Å². The molecule has 1 aromatic carbocycles. The van der Waals surface area contributed by atoms with Gasteiger partial charge in [-0.2, -0.15) is 0 Å². The minimum atomic E-state index is 0.781. The average molecular weight is 270 g/mol. The number of nitrogens with zero attached hydrogens (tertiary/aromatic N) is 1. The van der Waals surface area contributed by atoms with Crippen LogP contribution in [0.25, 0.3) is 10.9 Å². The average Bonchev–Trinajstić information content (AvgIpc) is 2.79. The molecule has 0 unspecified atom stereocenters. The molecule has 2 nitrogen and oxygen atoms in total. The molecule has 3 rings (SSSR count). The number of hydrogen-bond donors (Lipinski definition) is 1. The van der Waals surface area contributed by atoms with E-state index in [9.17, 15) is 0 Å². The van der Waals surface area contributed by atoms with Crippen LogP contribution in [-0.4, -0.2) is 17.2 Å².